The number of carboxylic acids is 4. The van der Waals surface area contributed by atoms with Crippen molar-refractivity contribution in [2.24, 2.45) is 16.2 Å². The first-order chi connectivity index (χ1) is 13.0. The fraction of sp³-hybridized carbons (Fsp3) is 0.400. The highest BCUT2D eigenvalue weighted by molar-refractivity contribution is 5.95. The fourth-order valence-electron chi connectivity index (χ4n) is 4.09. The van der Waals surface area contributed by atoms with Crippen molar-refractivity contribution in [2.45, 2.75) is 32.1 Å². The SMILES string of the molecule is C=CCC(CC=C)(C(=O)O)C(CC=C)(C(=O)O)C(CC=C)(CC(=O)O)C(=O)O. The van der Waals surface area contributed by atoms with Crippen LogP contribution in [0.25, 0.3) is 0 Å². The molecule has 0 aliphatic rings. The van der Waals surface area contributed by atoms with Crippen molar-refractivity contribution in [1.82, 2.24) is 0 Å². The summed E-state index contributed by atoms with van der Waals surface area (Å²) in [5.74, 6) is -6.70. The largest absolute Gasteiger partial charge is 0.481 e. The third kappa shape index (κ3) is 3.76. The normalized spacial score (nSPS) is 15.3. The summed E-state index contributed by atoms with van der Waals surface area (Å²) in [5.41, 5.74) is -7.35. The van der Waals surface area contributed by atoms with Gasteiger partial charge in [0.15, 0.2) is 0 Å². The molecule has 0 aromatic carbocycles. The van der Waals surface area contributed by atoms with Gasteiger partial charge in [-0.2, -0.15) is 0 Å². The van der Waals surface area contributed by atoms with E-state index in [1.807, 2.05) is 0 Å². The first-order valence-corrected chi connectivity index (χ1v) is 8.35. The van der Waals surface area contributed by atoms with E-state index in [9.17, 15) is 39.6 Å². The minimum absolute atomic E-state index is 0.430. The molecule has 2 atom stereocenters. The minimum atomic E-state index is -2.59. The molecule has 0 rings (SSSR count). The number of allylic oxidation sites excluding steroid dienone is 4. The van der Waals surface area contributed by atoms with Crippen LogP contribution >= 0.6 is 0 Å². The molecule has 2 unspecified atom stereocenters. The van der Waals surface area contributed by atoms with Crippen molar-refractivity contribution in [1.29, 1.82) is 0 Å². The average molecular weight is 394 g/mol. The lowest BCUT2D eigenvalue weighted by atomic mass is 9.45. The van der Waals surface area contributed by atoms with Gasteiger partial charge in [0.1, 0.15) is 5.41 Å². The van der Waals surface area contributed by atoms with E-state index in [0.717, 1.165) is 12.2 Å². The second kappa shape index (κ2) is 9.68. The molecular weight excluding hydrogens is 368 g/mol. The molecule has 4 N–H and O–H groups in total. The molecule has 0 spiro atoms. The Bertz CT molecular complexity index is 682. The van der Waals surface area contributed by atoms with E-state index in [1.54, 1.807) is 0 Å². The summed E-state index contributed by atoms with van der Waals surface area (Å²) in [6, 6.07) is 0. The Balaban J connectivity index is 7.72. The predicted octanol–water partition coefficient (Wildman–Crippen LogP) is 2.98. The Morgan fingerprint density at radius 3 is 1.21 bits per heavy atom. The highest BCUT2D eigenvalue weighted by Crippen LogP contribution is 2.62. The van der Waals surface area contributed by atoms with Gasteiger partial charge in [0.05, 0.1) is 17.3 Å². The smallest absolute Gasteiger partial charge is 0.312 e. The lowest BCUT2D eigenvalue weighted by molar-refractivity contribution is -0.201. The zero-order valence-corrected chi connectivity index (χ0v) is 15.6. The molecule has 0 aliphatic heterocycles. The summed E-state index contributed by atoms with van der Waals surface area (Å²) in [6.07, 6.45) is 1.31. The van der Waals surface area contributed by atoms with Crippen molar-refractivity contribution in [3.63, 3.8) is 0 Å². The molecule has 0 bridgehead atoms. The van der Waals surface area contributed by atoms with Crippen LogP contribution in [0.3, 0.4) is 0 Å². The third-order valence-electron chi connectivity index (χ3n) is 5.20. The summed E-state index contributed by atoms with van der Waals surface area (Å²) < 4.78 is 0. The van der Waals surface area contributed by atoms with Gasteiger partial charge in [0.25, 0.3) is 0 Å². The molecule has 0 fully saturated rings. The van der Waals surface area contributed by atoms with Gasteiger partial charge < -0.3 is 20.4 Å². The summed E-state index contributed by atoms with van der Waals surface area (Å²) in [4.78, 5) is 49.0. The van der Waals surface area contributed by atoms with Gasteiger partial charge in [-0.3, -0.25) is 19.2 Å². The van der Waals surface area contributed by atoms with E-state index in [4.69, 9.17) is 0 Å². The van der Waals surface area contributed by atoms with Crippen molar-refractivity contribution in [3.05, 3.63) is 50.6 Å². The van der Waals surface area contributed by atoms with Gasteiger partial charge in [-0.1, -0.05) is 24.3 Å². The van der Waals surface area contributed by atoms with E-state index in [2.05, 4.69) is 26.3 Å². The van der Waals surface area contributed by atoms with Crippen molar-refractivity contribution < 1.29 is 39.6 Å². The van der Waals surface area contributed by atoms with Crippen molar-refractivity contribution in [3.8, 4) is 0 Å². The van der Waals surface area contributed by atoms with Gasteiger partial charge in [-0.25, -0.2) is 0 Å². The Morgan fingerprint density at radius 1 is 0.607 bits per heavy atom. The number of carbonyl (C=O) groups is 4. The number of hydrogen-bond acceptors (Lipinski definition) is 4. The zero-order valence-electron chi connectivity index (χ0n) is 15.6. The Kier molecular flexibility index (Phi) is 8.59. The van der Waals surface area contributed by atoms with Crippen LogP contribution in [-0.2, 0) is 19.2 Å². The molecule has 8 nitrogen and oxygen atoms in total. The van der Waals surface area contributed by atoms with Gasteiger partial charge in [0, 0.05) is 0 Å². The third-order valence-corrected chi connectivity index (χ3v) is 5.20. The lowest BCUT2D eigenvalue weighted by Gasteiger charge is -2.53. The zero-order chi connectivity index (χ0) is 22.2. The van der Waals surface area contributed by atoms with E-state index in [1.165, 1.54) is 12.2 Å². The maximum absolute atomic E-state index is 12.6. The Morgan fingerprint density at radius 2 is 0.964 bits per heavy atom. The average Bonchev–Trinajstić information content (AvgIpc) is 2.57. The van der Waals surface area contributed by atoms with E-state index in [-0.39, 0.29) is 0 Å². The van der Waals surface area contributed by atoms with Crippen LogP contribution in [0.5, 0.6) is 0 Å². The van der Waals surface area contributed by atoms with E-state index < -0.39 is 72.2 Å². The maximum atomic E-state index is 12.6. The van der Waals surface area contributed by atoms with Gasteiger partial charge >= 0.3 is 23.9 Å². The lowest BCUT2D eigenvalue weighted by Crippen LogP contribution is -2.64. The van der Waals surface area contributed by atoms with Crippen molar-refractivity contribution in [2.75, 3.05) is 0 Å². The van der Waals surface area contributed by atoms with Crippen LogP contribution in [0.15, 0.2) is 50.6 Å². The van der Waals surface area contributed by atoms with Crippen LogP contribution in [0.1, 0.15) is 32.1 Å². The standard InChI is InChI=1S/C20H26O8/c1-5-9-18(10-6-2,15(23)24)20(12-8-4,17(27)28)19(11-7-3,16(25)26)13-14(21)22/h5-8H,1-4,9-13H2,(H,21,22)(H,23,24)(H,25,26)(H,27,28). The van der Waals surface area contributed by atoms with Crippen LogP contribution < -0.4 is 0 Å². The van der Waals surface area contributed by atoms with Crippen LogP contribution in [0.2, 0.25) is 0 Å². The molecule has 28 heavy (non-hydrogen) atoms. The first-order valence-electron chi connectivity index (χ1n) is 8.35. The number of aliphatic carboxylic acids is 4. The van der Waals surface area contributed by atoms with Crippen LogP contribution in [0.4, 0.5) is 0 Å². The fourth-order valence-corrected chi connectivity index (χ4v) is 4.09. The topological polar surface area (TPSA) is 149 Å². The summed E-state index contributed by atoms with van der Waals surface area (Å²) in [7, 11) is 0. The molecule has 0 saturated heterocycles. The second-order valence-electron chi connectivity index (χ2n) is 6.53. The van der Waals surface area contributed by atoms with Gasteiger partial charge in [-0.15, -0.1) is 26.3 Å². The summed E-state index contributed by atoms with van der Waals surface area (Å²) >= 11 is 0. The van der Waals surface area contributed by atoms with Gasteiger partial charge in [-0.05, 0) is 25.7 Å². The monoisotopic (exact) mass is 394 g/mol. The minimum Gasteiger partial charge on any atom is -0.481 e. The number of rotatable bonds is 15. The molecule has 8 heteroatoms. The maximum Gasteiger partial charge on any atom is 0.312 e. The van der Waals surface area contributed by atoms with Crippen molar-refractivity contribution >= 4 is 23.9 Å². The quantitative estimate of drug-likeness (QED) is 0.310. The number of hydrogen-bond donors (Lipinski definition) is 4. The van der Waals surface area contributed by atoms with Gasteiger partial charge in [0.2, 0.25) is 0 Å². The highest BCUT2D eigenvalue weighted by atomic mass is 16.4. The molecule has 0 heterocycles. The first kappa shape index (κ1) is 24.8. The Labute approximate surface area is 163 Å². The predicted molar refractivity (Wildman–Crippen MR) is 102 cm³/mol. The van der Waals surface area contributed by atoms with E-state index in [0.29, 0.717) is 0 Å². The van der Waals surface area contributed by atoms with Crippen LogP contribution in [-0.4, -0.2) is 44.3 Å². The number of carboxylic acid groups (broad SMARTS) is 4. The molecule has 0 radical (unpaired) electrons. The van der Waals surface area contributed by atoms with E-state index >= 15 is 0 Å². The van der Waals surface area contributed by atoms with Crippen LogP contribution in [0, 0.1) is 16.2 Å². The molecule has 0 saturated carbocycles. The molecule has 0 aromatic rings. The second-order valence-corrected chi connectivity index (χ2v) is 6.53. The summed E-state index contributed by atoms with van der Waals surface area (Å²) in [5, 5.41) is 39.8. The highest BCUT2D eigenvalue weighted by Gasteiger charge is 2.72. The molecule has 0 aromatic heterocycles. The molecule has 0 aliphatic carbocycles. The summed E-state index contributed by atoms with van der Waals surface area (Å²) in [6.45, 7) is 13.8. The molecule has 154 valence electrons. The Hall–Kier alpha value is -3.16. The molecule has 0 amide bonds. The molecular formula is C20H26O8.